The van der Waals surface area contributed by atoms with Crippen molar-refractivity contribution in [1.29, 1.82) is 0 Å². The molecule has 3 fully saturated rings. The van der Waals surface area contributed by atoms with Gasteiger partial charge in [-0.3, -0.25) is 9.59 Å². The van der Waals surface area contributed by atoms with Gasteiger partial charge in [0.15, 0.2) is 0 Å². The van der Waals surface area contributed by atoms with Crippen LogP contribution in [0.5, 0.6) is 0 Å². The molecule has 148 valence electrons. The third kappa shape index (κ3) is 4.57. The van der Waals surface area contributed by atoms with Gasteiger partial charge in [-0.1, -0.05) is 19.3 Å². The Bertz CT molecular complexity index is 630. The minimum atomic E-state index is -3.38. The summed E-state index contributed by atoms with van der Waals surface area (Å²) >= 11 is 0. The molecular formula is C18H31N3O4S. The van der Waals surface area contributed by atoms with E-state index in [0.29, 0.717) is 32.5 Å². The number of likely N-dealkylation sites (tertiary alicyclic amines) is 1. The van der Waals surface area contributed by atoms with Gasteiger partial charge in [-0.05, 0) is 38.5 Å². The lowest BCUT2D eigenvalue weighted by Crippen LogP contribution is -2.52. The molecule has 0 aromatic carbocycles. The number of rotatable bonds is 4. The highest BCUT2D eigenvalue weighted by atomic mass is 32.2. The maximum atomic E-state index is 12.9. The molecule has 2 saturated heterocycles. The van der Waals surface area contributed by atoms with Gasteiger partial charge in [-0.15, -0.1) is 0 Å². The Kier molecular flexibility index (Phi) is 6.22. The summed E-state index contributed by atoms with van der Waals surface area (Å²) in [5.74, 6) is -0.258. The Morgan fingerprint density at radius 3 is 2.31 bits per heavy atom. The van der Waals surface area contributed by atoms with Crippen LogP contribution in [-0.4, -0.2) is 67.4 Å². The van der Waals surface area contributed by atoms with Crippen molar-refractivity contribution in [1.82, 2.24) is 14.5 Å². The molecule has 0 aromatic rings. The maximum Gasteiger partial charge on any atom is 0.241 e. The predicted molar refractivity (Wildman–Crippen MR) is 98.9 cm³/mol. The fourth-order valence-corrected chi connectivity index (χ4v) is 5.67. The highest BCUT2D eigenvalue weighted by molar-refractivity contribution is 7.88. The second kappa shape index (κ2) is 8.25. The first-order valence-electron chi connectivity index (χ1n) is 9.92. The van der Waals surface area contributed by atoms with Gasteiger partial charge >= 0.3 is 0 Å². The molecule has 1 N–H and O–H groups in total. The van der Waals surface area contributed by atoms with Gasteiger partial charge in [0.2, 0.25) is 21.8 Å². The van der Waals surface area contributed by atoms with Gasteiger partial charge in [0, 0.05) is 25.7 Å². The number of nitrogens with zero attached hydrogens (tertiary/aromatic N) is 2. The van der Waals surface area contributed by atoms with Crippen LogP contribution in [0.3, 0.4) is 0 Å². The fourth-order valence-electron chi connectivity index (χ4n) is 4.55. The molecule has 0 radical (unpaired) electrons. The second-order valence-electron chi connectivity index (χ2n) is 8.00. The van der Waals surface area contributed by atoms with E-state index in [2.05, 4.69) is 5.32 Å². The second-order valence-corrected chi connectivity index (χ2v) is 9.93. The first-order chi connectivity index (χ1) is 12.4. The zero-order valence-electron chi connectivity index (χ0n) is 15.7. The molecule has 2 unspecified atom stereocenters. The van der Waals surface area contributed by atoms with E-state index in [1.165, 1.54) is 23.6 Å². The monoisotopic (exact) mass is 385 g/mol. The quantitative estimate of drug-likeness (QED) is 0.785. The summed E-state index contributed by atoms with van der Waals surface area (Å²) in [6.45, 7) is 1.43. The number of carbonyl (C=O) groups is 2. The highest BCUT2D eigenvalue weighted by Gasteiger charge is 2.40. The van der Waals surface area contributed by atoms with Crippen molar-refractivity contribution in [3.05, 3.63) is 0 Å². The zero-order chi connectivity index (χ0) is 18.7. The largest absolute Gasteiger partial charge is 0.353 e. The smallest absolute Gasteiger partial charge is 0.241 e. The van der Waals surface area contributed by atoms with E-state index in [1.807, 2.05) is 0 Å². The van der Waals surface area contributed by atoms with E-state index in [-0.39, 0.29) is 23.8 Å². The molecule has 8 heteroatoms. The van der Waals surface area contributed by atoms with Crippen molar-refractivity contribution >= 4 is 21.8 Å². The van der Waals surface area contributed by atoms with Crippen molar-refractivity contribution < 1.29 is 18.0 Å². The van der Waals surface area contributed by atoms with Gasteiger partial charge in [0.05, 0.1) is 12.2 Å². The molecule has 3 rings (SSSR count). The van der Waals surface area contributed by atoms with Crippen molar-refractivity contribution in [3.8, 4) is 0 Å². The van der Waals surface area contributed by atoms with Crippen LogP contribution in [0.25, 0.3) is 0 Å². The lowest BCUT2D eigenvalue weighted by molar-refractivity contribution is -0.138. The third-order valence-corrected chi connectivity index (χ3v) is 7.26. The molecule has 3 aliphatic rings. The summed E-state index contributed by atoms with van der Waals surface area (Å²) in [5.41, 5.74) is 0. The standard InChI is InChI=1S/C18H31N3O4S/c1-26(24,25)21-12-6-10-16(21)18(23)20-11-5-7-14(13-20)17(22)19-15-8-3-2-4-9-15/h14-16H,2-13H2,1H3,(H,19,22). The van der Waals surface area contributed by atoms with Crippen LogP contribution in [-0.2, 0) is 19.6 Å². The average molecular weight is 386 g/mol. The summed E-state index contributed by atoms with van der Waals surface area (Å²) in [7, 11) is -3.38. The van der Waals surface area contributed by atoms with Gasteiger partial charge in [0.25, 0.3) is 0 Å². The van der Waals surface area contributed by atoms with Crippen molar-refractivity contribution in [2.45, 2.75) is 69.9 Å². The number of hydrogen-bond donors (Lipinski definition) is 1. The molecule has 0 bridgehead atoms. The van der Waals surface area contributed by atoms with Crippen LogP contribution in [0, 0.1) is 5.92 Å². The first-order valence-corrected chi connectivity index (χ1v) is 11.8. The Labute approximate surface area is 156 Å². The number of sulfonamides is 1. The summed E-state index contributed by atoms with van der Waals surface area (Å²) < 4.78 is 25.2. The predicted octanol–water partition coefficient (Wildman–Crippen LogP) is 1.10. The molecule has 7 nitrogen and oxygen atoms in total. The highest BCUT2D eigenvalue weighted by Crippen LogP contribution is 2.25. The lowest BCUT2D eigenvalue weighted by Gasteiger charge is -2.36. The van der Waals surface area contributed by atoms with Crippen LogP contribution in [0.2, 0.25) is 0 Å². The number of piperidine rings is 1. The topological polar surface area (TPSA) is 86.8 Å². The van der Waals surface area contributed by atoms with Crippen LogP contribution >= 0.6 is 0 Å². The molecule has 0 aromatic heterocycles. The van der Waals surface area contributed by atoms with E-state index in [4.69, 9.17) is 0 Å². The normalized spacial score (nSPS) is 28.9. The molecular weight excluding hydrogens is 354 g/mol. The molecule has 2 amide bonds. The summed E-state index contributed by atoms with van der Waals surface area (Å²) in [6.07, 6.45) is 9.71. The third-order valence-electron chi connectivity index (χ3n) is 5.97. The van der Waals surface area contributed by atoms with E-state index >= 15 is 0 Å². The van der Waals surface area contributed by atoms with Crippen LogP contribution < -0.4 is 5.32 Å². The Hall–Kier alpha value is -1.15. The number of hydrogen-bond acceptors (Lipinski definition) is 4. The van der Waals surface area contributed by atoms with Gasteiger partial charge < -0.3 is 10.2 Å². The molecule has 26 heavy (non-hydrogen) atoms. The Balaban J connectivity index is 1.59. The van der Waals surface area contributed by atoms with Crippen LogP contribution in [0.15, 0.2) is 0 Å². The zero-order valence-corrected chi connectivity index (χ0v) is 16.5. The minimum Gasteiger partial charge on any atom is -0.353 e. The lowest BCUT2D eigenvalue weighted by atomic mass is 9.92. The van der Waals surface area contributed by atoms with Crippen molar-refractivity contribution in [2.75, 3.05) is 25.9 Å². The fraction of sp³-hybridized carbons (Fsp3) is 0.889. The summed E-state index contributed by atoms with van der Waals surface area (Å²) in [4.78, 5) is 27.2. The SMILES string of the molecule is CS(=O)(=O)N1CCCC1C(=O)N1CCCC(C(=O)NC2CCCCC2)C1. The Morgan fingerprint density at radius 1 is 0.923 bits per heavy atom. The average Bonchev–Trinajstić information content (AvgIpc) is 3.12. The van der Waals surface area contributed by atoms with Crippen molar-refractivity contribution in [2.24, 2.45) is 5.92 Å². The molecule has 2 atom stereocenters. The van der Waals surface area contributed by atoms with Crippen LogP contribution in [0.1, 0.15) is 57.8 Å². The van der Waals surface area contributed by atoms with E-state index in [0.717, 1.165) is 31.9 Å². The Morgan fingerprint density at radius 2 is 1.62 bits per heavy atom. The maximum absolute atomic E-state index is 12.9. The van der Waals surface area contributed by atoms with Gasteiger partial charge in [-0.2, -0.15) is 4.31 Å². The number of carbonyl (C=O) groups excluding carboxylic acids is 2. The van der Waals surface area contributed by atoms with Gasteiger partial charge in [-0.25, -0.2) is 8.42 Å². The molecule has 0 spiro atoms. The van der Waals surface area contributed by atoms with Crippen LogP contribution in [0.4, 0.5) is 0 Å². The summed E-state index contributed by atoms with van der Waals surface area (Å²) in [5, 5.41) is 3.17. The molecule has 2 heterocycles. The number of nitrogens with one attached hydrogen (secondary N) is 1. The first kappa shape index (κ1) is 19.6. The number of amides is 2. The van der Waals surface area contributed by atoms with Gasteiger partial charge in [0.1, 0.15) is 6.04 Å². The van der Waals surface area contributed by atoms with E-state index in [9.17, 15) is 18.0 Å². The van der Waals surface area contributed by atoms with E-state index < -0.39 is 16.1 Å². The molecule has 2 aliphatic heterocycles. The molecule has 1 saturated carbocycles. The molecule has 1 aliphatic carbocycles. The summed E-state index contributed by atoms with van der Waals surface area (Å²) in [6, 6.07) is -0.317. The van der Waals surface area contributed by atoms with E-state index in [1.54, 1.807) is 4.90 Å². The minimum absolute atomic E-state index is 0.0563. The van der Waals surface area contributed by atoms with Crippen molar-refractivity contribution in [3.63, 3.8) is 0 Å².